The SMILES string of the molecule is CCc1cccc(OCC(CN2CCC(COCc3cc(C(F)(F)F)cc(C(F)(F)F)c3)(c3ccccc3)CC2)OC(=O)C(=O)OC(COc2cccc(CC)c2)CN2CCC(COCc3cc(C(F)(F)F)cc(C(F)(F)F)c3)(c3ccccc3)CC2)c1. The third-order valence-electron chi connectivity index (χ3n) is 16.1. The van der Waals surface area contributed by atoms with Gasteiger partial charge in [-0.2, -0.15) is 52.7 Å². The molecule has 2 aliphatic rings. The van der Waals surface area contributed by atoms with Crippen molar-refractivity contribution in [2.75, 3.05) is 65.7 Å². The van der Waals surface area contributed by atoms with E-state index >= 15 is 0 Å². The number of alkyl halides is 12. The number of carbonyl (C=O) groups excluding carboxylic acids is 2. The largest absolute Gasteiger partial charge is 0.490 e. The van der Waals surface area contributed by atoms with E-state index in [1.165, 1.54) is 0 Å². The fraction of sp³-hybridized carbons (Fsp3) is 0.424. The lowest BCUT2D eigenvalue weighted by Gasteiger charge is -2.43. The smallest absolute Gasteiger partial charge is 0.417 e. The van der Waals surface area contributed by atoms with Gasteiger partial charge in [0.15, 0.2) is 0 Å². The number of hydrogen-bond acceptors (Lipinski definition) is 10. The van der Waals surface area contributed by atoms with Crippen LogP contribution in [0.4, 0.5) is 52.7 Å². The first-order chi connectivity index (χ1) is 41.7. The monoisotopic (exact) mass is 1240 g/mol. The molecule has 0 spiro atoms. The van der Waals surface area contributed by atoms with E-state index in [2.05, 4.69) is 0 Å². The molecule has 0 aromatic heterocycles. The molecule has 2 aliphatic heterocycles. The van der Waals surface area contributed by atoms with Crippen molar-refractivity contribution in [2.24, 2.45) is 0 Å². The maximum atomic E-state index is 14.1. The fourth-order valence-corrected chi connectivity index (χ4v) is 11.2. The predicted octanol–water partition coefficient (Wildman–Crippen LogP) is 14.7. The van der Waals surface area contributed by atoms with E-state index in [0.29, 0.717) is 100 Å². The zero-order valence-corrected chi connectivity index (χ0v) is 48.4. The minimum Gasteiger partial charge on any atom is -0.490 e. The maximum Gasteiger partial charge on any atom is 0.417 e. The maximum absolute atomic E-state index is 14.1. The van der Waals surface area contributed by atoms with Gasteiger partial charge in [-0.3, -0.25) is 9.80 Å². The Labute approximate surface area is 502 Å². The van der Waals surface area contributed by atoms with E-state index in [0.717, 1.165) is 22.3 Å². The van der Waals surface area contributed by atoms with Gasteiger partial charge in [0.2, 0.25) is 0 Å². The van der Waals surface area contributed by atoms with Crippen LogP contribution in [0.1, 0.15) is 95.2 Å². The third kappa shape index (κ3) is 18.5. The number of aryl methyl sites for hydroxylation is 2. The summed E-state index contributed by atoms with van der Waals surface area (Å²) >= 11 is 0. The Morgan fingerprint density at radius 3 is 1.07 bits per heavy atom. The second-order valence-corrected chi connectivity index (χ2v) is 22.4. The van der Waals surface area contributed by atoms with Crippen molar-refractivity contribution < 1.29 is 90.7 Å². The highest BCUT2D eigenvalue weighted by Gasteiger charge is 2.42. The van der Waals surface area contributed by atoms with Crippen molar-refractivity contribution in [1.82, 2.24) is 9.80 Å². The summed E-state index contributed by atoms with van der Waals surface area (Å²) in [6.07, 6.45) is -19.2. The Morgan fingerprint density at radius 2 is 0.761 bits per heavy atom. The molecule has 2 atom stereocenters. The molecule has 0 aliphatic carbocycles. The van der Waals surface area contributed by atoms with Crippen LogP contribution in [0, 0.1) is 0 Å². The molecule has 22 heteroatoms. The number of carbonyl (C=O) groups is 2. The Hall–Kier alpha value is -7.14. The normalized spacial score (nSPS) is 16.6. The molecule has 6 aromatic rings. The van der Waals surface area contributed by atoms with E-state index in [-0.39, 0.29) is 62.8 Å². The van der Waals surface area contributed by atoms with Crippen molar-refractivity contribution >= 4 is 11.9 Å². The minimum absolute atomic E-state index is 0.0533. The number of rotatable bonds is 24. The molecule has 6 aromatic carbocycles. The van der Waals surface area contributed by atoms with Gasteiger partial charge in [0.25, 0.3) is 0 Å². The predicted molar refractivity (Wildman–Crippen MR) is 302 cm³/mol. The highest BCUT2D eigenvalue weighted by Crippen LogP contribution is 2.41. The first-order valence-electron chi connectivity index (χ1n) is 28.9. The van der Waals surface area contributed by atoms with Crippen LogP contribution in [0.5, 0.6) is 11.5 Å². The summed E-state index contributed by atoms with van der Waals surface area (Å²) in [6, 6.07) is 35.7. The van der Waals surface area contributed by atoms with Crippen LogP contribution >= 0.6 is 0 Å². The van der Waals surface area contributed by atoms with E-state index in [9.17, 15) is 62.3 Å². The van der Waals surface area contributed by atoms with E-state index in [1.54, 1.807) is 12.1 Å². The number of likely N-dealkylation sites (tertiary alicyclic amines) is 2. The van der Waals surface area contributed by atoms with Crippen LogP contribution in [-0.2, 0) is 90.1 Å². The van der Waals surface area contributed by atoms with E-state index in [1.807, 2.05) is 121 Å². The van der Waals surface area contributed by atoms with Gasteiger partial charge in [-0.25, -0.2) is 9.59 Å². The molecule has 0 saturated carbocycles. The molecule has 474 valence electrons. The van der Waals surface area contributed by atoms with Crippen LogP contribution in [0.3, 0.4) is 0 Å². The molecule has 2 unspecified atom stereocenters. The number of benzene rings is 6. The zero-order chi connectivity index (χ0) is 63.3. The second kappa shape index (κ2) is 29.0. The van der Waals surface area contributed by atoms with Crippen LogP contribution in [0.2, 0.25) is 0 Å². The summed E-state index contributed by atoms with van der Waals surface area (Å²) in [4.78, 5) is 32.1. The van der Waals surface area contributed by atoms with E-state index < -0.39 is 95.1 Å². The molecule has 8 rings (SSSR count). The summed E-state index contributed by atoms with van der Waals surface area (Å²) in [5.41, 5.74) is -4.23. The Balaban J connectivity index is 0.956. The van der Waals surface area contributed by atoms with Gasteiger partial charge >= 0.3 is 36.6 Å². The van der Waals surface area contributed by atoms with Gasteiger partial charge in [0.05, 0.1) is 48.7 Å². The van der Waals surface area contributed by atoms with E-state index in [4.69, 9.17) is 28.4 Å². The molecule has 2 saturated heterocycles. The Bertz CT molecular complexity index is 2950. The first kappa shape index (κ1) is 66.8. The lowest BCUT2D eigenvalue weighted by molar-refractivity contribution is -0.177. The fourth-order valence-electron chi connectivity index (χ4n) is 11.2. The molecule has 10 nitrogen and oxygen atoms in total. The lowest BCUT2D eigenvalue weighted by atomic mass is 9.73. The molecule has 2 fully saturated rings. The third-order valence-corrected chi connectivity index (χ3v) is 16.1. The molecular weight excluding hydrogens is 1180 g/mol. The molecule has 0 radical (unpaired) electrons. The van der Waals surface area contributed by atoms with Gasteiger partial charge in [-0.05, 0) is 159 Å². The van der Waals surface area contributed by atoms with Crippen molar-refractivity contribution in [1.29, 1.82) is 0 Å². The highest BCUT2D eigenvalue weighted by atomic mass is 19.4. The van der Waals surface area contributed by atoms with Crippen molar-refractivity contribution in [3.05, 3.63) is 201 Å². The van der Waals surface area contributed by atoms with Gasteiger partial charge in [0, 0.05) is 23.9 Å². The summed E-state index contributed by atoms with van der Waals surface area (Å²) in [7, 11) is 0. The van der Waals surface area contributed by atoms with Gasteiger partial charge in [0.1, 0.15) is 36.9 Å². The second-order valence-electron chi connectivity index (χ2n) is 22.4. The summed E-state index contributed by atoms with van der Waals surface area (Å²) < 4.78 is 201. The lowest BCUT2D eigenvalue weighted by Crippen LogP contribution is -2.49. The minimum atomic E-state index is -5.03. The number of esters is 2. The van der Waals surface area contributed by atoms with Crippen LogP contribution in [0.25, 0.3) is 0 Å². The van der Waals surface area contributed by atoms with Crippen molar-refractivity contribution in [3.8, 4) is 11.5 Å². The molecule has 0 N–H and O–H groups in total. The Kier molecular flexibility index (Phi) is 22.0. The molecular formula is C66H68F12N2O8. The average molecular weight is 1250 g/mol. The molecule has 88 heavy (non-hydrogen) atoms. The quantitative estimate of drug-likeness (QED) is 0.0331. The summed E-state index contributed by atoms with van der Waals surface area (Å²) in [5.74, 6) is -1.67. The number of ether oxygens (including phenoxy) is 6. The summed E-state index contributed by atoms with van der Waals surface area (Å²) in [5, 5.41) is 0. The number of piperidine rings is 2. The Morgan fingerprint density at radius 1 is 0.432 bits per heavy atom. The summed E-state index contributed by atoms with van der Waals surface area (Å²) in [6.45, 7) is 3.95. The van der Waals surface area contributed by atoms with Gasteiger partial charge in [-0.15, -0.1) is 0 Å². The van der Waals surface area contributed by atoms with Gasteiger partial charge < -0.3 is 28.4 Å². The molecule has 0 amide bonds. The zero-order valence-electron chi connectivity index (χ0n) is 48.4. The van der Waals surface area contributed by atoms with Crippen molar-refractivity contribution in [3.63, 3.8) is 0 Å². The van der Waals surface area contributed by atoms with Crippen molar-refractivity contribution in [2.45, 2.75) is 113 Å². The molecule has 0 bridgehead atoms. The van der Waals surface area contributed by atoms with Gasteiger partial charge in [-0.1, -0.05) is 98.8 Å². The van der Waals surface area contributed by atoms with Crippen LogP contribution < -0.4 is 9.47 Å². The first-order valence-corrected chi connectivity index (χ1v) is 28.9. The standard InChI is InChI=1S/C66H68F12N2O8/c1-3-45-13-11-19-55(33-45)85-41-57(37-79-25-21-61(22-26-79,49-15-7-5-8-16-49)43-83-39-47-29-51(63(67,68)69)35-52(30-47)64(70,71)72)87-59(81)60(82)88-58(42-86-56-20-12-14-46(4-2)34-56)38-80-27-23-62(24-28-80,50-17-9-6-10-18-50)44-84-40-48-31-53(65(73,74)75)36-54(32-48)66(76,77)78/h5-20,29-36,57-58H,3-4,21-28,37-44H2,1-2H3. The topological polar surface area (TPSA) is 96.0 Å². The number of hydrogen-bond donors (Lipinski definition) is 0. The number of halogens is 12. The van der Waals surface area contributed by atoms with Crippen LogP contribution in [-0.4, -0.2) is 99.6 Å². The number of nitrogens with zero attached hydrogens (tertiary/aromatic N) is 2. The van der Waals surface area contributed by atoms with Crippen LogP contribution in [0.15, 0.2) is 146 Å². The average Bonchev–Trinajstić information content (AvgIpc) is 1.21. The highest BCUT2D eigenvalue weighted by molar-refractivity contribution is 6.29. The molecule has 2 heterocycles.